The van der Waals surface area contributed by atoms with Gasteiger partial charge < -0.3 is 24.7 Å². The molecule has 5 rings (SSSR count). The molecular weight excluding hydrogens is 460 g/mol. The molecule has 1 atom stereocenters. The maximum atomic E-state index is 13.5. The predicted octanol–water partition coefficient (Wildman–Crippen LogP) is 3.41. The number of aliphatic hydroxyl groups is 1. The molecule has 0 saturated carbocycles. The fourth-order valence-electron chi connectivity index (χ4n) is 6.57. The highest BCUT2D eigenvalue weighted by molar-refractivity contribution is 5.98. The maximum Gasteiger partial charge on any atom is 0.254 e. The molecule has 200 valence electrons. The summed E-state index contributed by atoms with van der Waals surface area (Å²) in [6, 6.07) is 15.7. The van der Waals surface area contributed by atoms with E-state index in [-0.39, 0.29) is 11.3 Å². The lowest BCUT2D eigenvalue weighted by Gasteiger charge is -2.42. The van der Waals surface area contributed by atoms with E-state index in [0.29, 0.717) is 25.7 Å². The number of carbonyl (C=O) groups is 1. The Labute approximate surface area is 222 Å². The van der Waals surface area contributed by atoms with Gasteiger partial charge in [0.2, 0.25) is 0 Å². The molecule has 6 nitrogen and oxygen atoms in total. The highest BCUT2D eigenvalue weighted by atomic mass is 16.3. The molecule has 1 unspecified atom stereocenters. The third-order valence-corrected chi connectivity index (χ3v) is 8.81. The second-order valence-electron chi connectivity index (χ2n) is 12.2. The number of hydrogen-bond acceptors (Lipinski definition) is 5. The van der Waals surface area contributed by atoms with Crippen LogP contribution in [0.1, 0.15) is 53.7 Å². The summed E-state index contributed by atoms with van der Waals surface area (Å²) < 4.78 is 0. The average molecular weight is 505 g/mol. The van der Waals surface area contributed by atoms with E-state index in [9.17, 15) is 9.90 Å². The number of rotatable bonds is 6. The minimum absolute atomic E-state index is 0.0505. The topological polar surface area (TPSA) is 50.3 Å². The second kappa shape index (κ2) is 10.8. The van der Waals surface area contributed by atoms with Crippen LogP contribution in [0.3, 0.4) is 0 Å². The molecule has 0 aliphatic carbocycles. The third kappa shape index (κ3) is 5.71. The van der Waals surface area contributed by atoms with Crippen LogP contribution < -0.4 is 4.90 Å². The summed E-state index contributed by atoms with van der Waals surface area (Å²) in [5.74, 6) is 0.0505. The zero-order valence-electron chi connectivity index (χ0n) is 23.1. The van der Waals surface area contributed by atoms with Crippen LogP contribution in [-0.4, -0.2) is 97.8 Å². The van der Waals surface area contributed by atoms with Gasteiger partial charge in [-0.25, -0.2) is 0 Å². The number of anilines is 1. The van der Waals surface area contributed by atoms with E-state index in [0.717, 1.165) is 50.1 Å². The number of hydrogen-bond donors (Lipinski definition) is 1. The standard InChI is InChI=1S/C31H44N4O2/c1-31(2)22-35(21-27(36)20-33-15-11-23-7-5-6-8-24(23)12-16-33)30(37)28-10-9-26(19-29(28)31)34-17-13-25(14-18-34)32(3)4/h5-10,19,25,27,36H,11-18,20-22H2,1-4H3. The Morgan fingerprint density at radius 2 is 1.62 bits per heavy atom. The van der Waals surface area contributed by atoms with E-state index < -0.39 is 6.10 Å². The van der Waals surface area contributed by atoms with Gasteiger partial charge in [-0.15, -0.1) is 0 Å². The first kappa shape index (κ1) is 26.2. The molecule has 1 saturated heterocycles. The quantitative estimate of drug-likeness (QED) is 0.654. The number of aliphatic hydroxyl groups excluding tert-OH is 1. The van der Waals surface area contributed by atoms with Crippen LogP contribution in [0.5, 0.6) is 0 Å². The summed E-state index contributed by atoms with van der Waals surface area (Å²) >= 11 is 0. The van der Waals surface area contributed by atoms with Crippen LogP contribution in [0.15, 0.2) is 42.5 Å². The Balaban J connectivity index is 1.22. The molecule has 2 aromatic rings. The zero-order chi connectivity index (χ0) is 26.2. The maximum absolute atomic E-state index is 13.5. The van der Waals surface area contributed by atoms with Gasteiger partial charge in [0.15, 0.2) is 0 Å². The van der Waals surface area contributed by atoms with Crippen molar-refractivity contribution in [2.45, 2.75) is 57.1 Å². The Morgan fingerprint density at radius 3 is 2.24 bits per heavy atom. The van der Waals surface area contributed by atoms with E-state index in [4.69, 9.17) is 0 Å². The first-order valence-corrected chi connectivity index (χ1v) is 14.0. The van der Waals surface area contributed by atoms with Crippen LogP contribution in [0.2, 0.25) is 0 Å². The molecule has 1 amide bonds. The molecule has 37 heavy (non-hydrogen) atoms. The summed E-state index contributed by atoms with van der Waals surface area (Å²) in [5.41, 5.74) is 5.84. The minimum Gasteiger partial charge on any atom is -0.390 e. The largest absolute Gasteiger partial charge is 0.390 e. The van der Waals surface area contributed by atoms with Crippen molar-refractivity contribution in [3.05, 3.63) is 64.7 Å². The lowest BCUT2D eigenvalue weighted by Crippen LogP contribution is -2.51. The van der Waals surface area contributed by atoms with E-state index in [1.807, 2.05) is 11.0 Å². The van der Waals surface area contributed by atoms with Crippen molar-refractivity contribution in [2.75, 3.05) is 64.8 Å². The van der Waals surface area contributed by atoms with Gasteiger partial charge in [0, 0.05) is 68.5 Å². The third-order valence-electron chi connectivity index (χ3n) is 8.81. The number of carbonyl (C=O) groups excluding carboxylic acids is 1. The molecule has 3 heterocycles. The summed E-state index contributed by atoms with van der Waals surface area (Å²) in [6.07, 6.45) is 3.81. The number of piperidine rings is 1. The fraction of sp³-hybridized carbons (Fsp3) is 0.581. The van der Waals surface area contributed by atoms with Crippen LogP contribution in [-0.2, 0) is 18.3 Å². The van der Waals surface area contributed by atoms with Gasteiger partial charge in [0.05, 0.1) is 6.10 Å². The van der Waals surface area contributed by atoms with Crippen LogP contribution in [0.25, 0.3) is 0 Å². The van der Waals surface area contributed by atoms with Crippen LogP contribution in [0.4, 0.5) is 5.69 Å². The normalized spacial score (nSPS) is 21.5. The molecule has 6 heteroatoms. The summed E-state index contributed by atoms with van der Waals surface area (Å²) in [6.45, 7) is 10.1. The number of benzene rings is 2. The van der Waals surface area contributed by atoms with Gasteiger partial charge in [0.25, 0.3) is 5.91 Å². The van der Waals surface area contributed by atoms with Gasteiger partial charge in [0.1, 0.15) is 0 Å². The minimum atomic E-state index is -0.556. The van der Waals surface area contributed by atoms with Gasteiger partial charge in [-0.1, -0.05) is 38.1 Å². The van der Waals surface area contributed by atoms with Gasteiger partial charge in [-0.2, -0.15) is 0 Å². The van der Waals surface area contributed by atoms with Crippen molar-refractivity contribution in [3.63, 3.8) is 0 Å². The first-order chi connectivity index (χ1) is 17.7. The number of nitrogens with zero attached hydrogens (tertiary/aromatic N) is 4. The smallest absolute Gasteiger partial charge is 0.254 e. The second-order valence-corrected chi connectivity index (χ2v) is 12.2. The lowest BCUT2D eigenvalue weighted by atomic mass is 9.77. The van der Waals surface area contributed by atoms with Crippen molar-refractivity contribution in [3.8, 4) is 0 Å². The van der Waals surface area contributed by atoms with E-state index in [1.165, 1.54) is 29.7 Å². The SMILES string of the molecule is CN(C)C1CCN(c2ccc3c(c2)C(C)(C)CN(CC(O)CN2CCc4ccccc4CC2)C3=O)CC1. The summed E-state index contributed by atoms with van der Waals surface area (Å²) in [5, 5.41) is 11.0. The summed E-state index contributed by atoms with van der Waals surface area (Å²) in [7, 11) is 4.34. The average Bonchev–Trinajstić information content (AvgIpc) is 3.09. The Morgan fingerprint density at radius 1 is 0.973 bits per heavy atom. The Bertz CT molecular complexity index is 1080. The summed E-state index contributed by atoms with van der Waals surface area (Å²) in [4.78, 5) is 22.6. The number of fused-ring (bicyclic) bond motifs is 2. The van der Waals surface area contributed by atoms with Crippen LogP contribution >= 0.6 is 0 Å². The molecule has 0 radical (unpaired) electrons. The van der Waals surface area contributed by atoms with E-state index in [2.05, 4.69) is 79.0 Å². The molecule has 1 N–H and O–H groups in total. The zero-order valence-corrected chi connectivity index (χ0v) is 23.1. The molecule has 3 aliphatic rings. The predicted molar refractivity (Wildman–Crippen MR) is 151 cm³/mol. The number of β-amino-alcohol motifs (C(OH)–C–C–N with tert-alkyl or cyclic N) is 1. The molecular formula is C31H44N4O2. The van der Waals surface area contributed by atoms with Crippen molar-refractivity contribution < 1.29 is 9.90 Å². The van der Waals surface area contributed by atoms with Gasteiger partial charge in [-0.3, -0.25) is 4.79 Å². The molecule has 0 bridgehead atoms. The van der Waals surface area contributed by atoms with Crippen LogP contribution in [0, 0.1) is 0 Å². The molecule has 3 aliphatic heterocycles. The van der Waals surface area contributed by atoms with E-state index >= 15 is 0 Å². The Kier molecular flexibility index (Phi) is 7.62. The number of amides is 1. The molecule has 0 spiro atoms. The molecule has 1 fully saturated rings. The first-order valence-electron chi connectivity index (χ1n) is 14.0. The Hall–Kier alpha value is -2.41. The monoisotopic (exact) mass is 504 g/mol. The molecule has 2 aromatic carbocycles. The van der Waals surface area contributed by atoms with Gasteiger partial charge >= 0.3 is 0 Å². The van der Waals surface area contributed by atoms with Gasteiger partial charge in [-0.05, 0) is 74.7 Å². The van der Waals surface area contributed by atoms with Crippen molar-refractivity contribution >= 4 is 11.6 Å². The van der Waals surface area contributed by atoms with E-state index in [1.54, 1.807) is 0 Å². The highest BCUT2D eigenvalue weighted by Crippen LogP contribution is 2.36. The highest BCUT2D eigenvalue weighted by Gasteiger charge is 2.38. The van der Waals surface area contributed by atoms with Crippen molar-refractivity contribution in [2.24, 2.45) is 0 Å². The lowest BCUT2D eigenvalue weighted by molar-refractivity contribution is 0.0451. The molecule has 0 aromatic heterocycles. The fourth-order valence-corrected chi connectivity index (χ4v) is 6.57. The van der Waals surface area contributed by atoms with Crippen molar-refractivity contribution in [1.82, 2.24) is 14.7 Å². The van der Waals surface area contributed by atoms with Crippen molar-refractivity contribution in [1.29, 1.82) is 0 Å².